The lowest BCUT2D eigenvalue weighted by atomic mass is 10.2. The van der Waals surface area contributed by atoms with Gasteiger partial charge in [-0.1, -0.05) is 11.6 Å². The molecule has 0 spiro atoms. The maximum Gasteiger partial charge on any atom is 0.129 e. The molecule has 2 heterocycles. The quantitative estimate of drug-likeness (QED) is 0.714. The number of halogens is 2. The van der Waals surface area contributed by atoms with E-state index < -0.39 is 0 Å². The van der Waals surface area contributed by atoms with Crippen molar-refractivity contribution in [1.82, 2.24) is 9.97 Å². The van der Waals surface area contributed by atoms with E-state index >= 15 is 0 Å². The standard InChI is InChI=1S/C15H11ClFN3S/c16-14-6-5-12(7-19-14)18-8-13-9-21-15(20-13)10-1-3-11(17)4-2-10/h1-7,9,18H,8H2. The van der Waals surface area contributed by atoms with Crippen LogP contribution in [0.2, 0.25) is 5.15 Å². The number of nitrogens with one attached hydrogen (secondary N) is 1. The predicted molar refractivity (Wildman–Crippen MR) is 84.1 cm³/mol. The Kier molecular flexibility index (Phi) is 4.13. The number of benzene rings is 1. The first-order chi connectivity index (χ1) is 10.2. The maximum absolute atomic E-state index is 12.9. The van der Waals surface area contributed by atoms with Gasteiger partial charge < -0.3 is 5.32 Å². The fourth-order valence-electron chi connectivity index (χ4n) is 1.79. The largest absolute Gasteiger partial charge is 0.378 e. The number of anilines is 1. The second-order valence-corrected chi connectivity index (χ2v) is 5.62. The first kappa shape index (κ1) is 14.0. The molecule has 1 N–H and O–H groups in total. The molecule has 0 atom stereocenters. The fourth-order valence-corrected chi connectivity index (χ4v) is 2.72. The molecule has 3 rings (SSSR count). The molecule has 1 aromatic carbocycles. The van der Waals surface area contributed by atoms with Crippen LogP contribution < -0.4 is 5.32 Å². The van der Waals surface area contributed by atoms with Gasteiger partial charge in [0.1, 0.15) is 16.0 Å². The van der Waals surface area contributed by atoms with Crippen LogP contribution in [0.4, 0.5) is 10.1 Å². The molecule has 6 heteroatoms. The van der Waals surface area contributed by atoms with Crippen LogP contribution in [0, 0.1) is 5.82 Å². The smallest absolute Gasteiger partial charge is 0.129 e. The zero-order chi connectivity index (χ0) is 14.7. The zero-order valence-electron chi connectivity index (χ0n) is 10.9. The van der Waals surface area contributed by atoms with Crippen LogP contribution in [0.5, 0.6) is 0 Å². The van der Waals surface area contributed by atoms with Crippen molar-refractivity contribution >= 4 is 28.6 Å². The molecule has 3 aromatic rings. The molecule has 3 nitrogen and oxygen atoms in total. The van der Waals surface area contributed by atoms with E-state index in [0.717, 1.165) is 22.0 Å². The molecule has 106 valence electrons. The summed E-state index contributed by atoms with van der Waals surface area (Å²) in [4.78, 5) is 8.53. The summed E-state index contributed by atoms with van der Waals surface area (Å²) in [5, 5.41) is 6.55. The van der Waals surface area contributed by atoms with E-state index in [9.17, 15) is 4.39 Å². The Morgan fingerprint density at radius 3 is 2.67 bits per heavy atom. The molecule has 0 aliphatic heterocycles. The SMILES string of the molecule is Fc1ccc(-c2nc(CNc3ccc(Cl)nc3)cs2)cc1. The average molecular weight is 320 g/mol. The highest BCUT2D eigenvalue weighted by molar-refractivity contribution is 7.13. The van der Waals surface area contributed by atoms with Crippen molar-refractivity contribution in [3.05, 3.63) is 64.6 Å². The van der Waals surface area contributed by atoms with E-state index in [1.807, 2.05) is 11.4 Å². The molecule has 0 fully saturated rings. The summed E-state index contributed by atoms with van der Waals surface area (Å²) < 4.78 is 12.9. The van der Waals surface area contributed by atoms with Gasteiger partial charge in [-0.25, -0.2) is 14.4 Å². The van der Waals surface area contributed by atoms with Gasteiger partial charge in [0.15, 0.2) is 0 Å². The first-order valence-electron chi connectivity index (χ1n) is 6.26. The van der Waals surface area contributed by atoms with Crippen molar-refractivity contribution in [3.8, 4) is 10.6 Å². The molecular weight excluding hydrogens is 309 g/mol. The minimum absolute atomic E-state index is 0.243. The monoisotopic (exact) mass is 319 g/mol. The van der Waals surface area contributed by atoms with E-state index in [1.54, 1.807) is 24.4 Å². The van der Waals surface area contributed by atoms with Crippen molar-refractivity contribution in [3.63, 3.8) is 0 Å². The van der Waals surface area contributed by atoms with Crippen molar-refractivity contribution in [1.29, 1.82) is 0 Å². The van der Waals surface area contributed by atoms with Crippen molar-refractivity contribution in [2.45, 2.75) is 6.54 Å². The molecule has 21 heavy (non-hydrogen) atoms. The van der Waals surface area contributed by atoms with Gasteiger partial charge >= 0.3 is 0 Å². The topological polar surface area (TPSA) is 37.8 Å². The lowest BCUT2D eigenvalue weighted by Gasteiger charge is -2.03. The van der Waals surface area contributed by atoms with E-state index in [0.29, 0.717) is 11.7 Å². The molecule has 0 saturated heterocycles. The lowest BCUT2D eigenvalue weighted by Crippen LogP contribution is -1.99. The summed E-state index contributed by atoms with van der Waals surface area (Å²) in [6, 6.07) is 9.93. The highest BCUT2D eigenvalue weighted by atomic mass is 35.5. The molecule has 0 aliphatic carbocycles. The second-order valence-electron chi connectivity index (χ2n) is 4.37. The Bertz CT molecular complexity index is 725. The number of hydrogen-bond donors (Lipinski definition) is 1. The number of hydrogen-bond acceptors (Lipinski definition) is 4. The first-order valence-corrected chi connectivity index (χ1v) is 7.52. The molecule has 0 bridgehead atoms. The van der Waals surface area contributed by atoms with Crippen LogP contribution in [-0.4, -0.2) is 9.97 Å². The van der Waals surface area contributed by atoms with Crippen LogP contribution in [0.15, 0.2) is 48.0 Å². The number of thiazole rings is 1. The third-order valence-corrected chi connectivity index (χ3v) is 4.01. The van der Waals surface area contributed by atoms with Crippen LogP contribution in [0.25, 0.3) is 10.6 Å². The summed E-state index contributed by atoms with van der Waals surface area (Å²) in [6.07, 6.45) is 1.68. The summed E-state index contributed by atoms with van der Waals surface area (Å²) in [7, 11) is 0. The summed E-state index contributed by atoms with van der Waals surface area (Å²) in [6.45, 7) is 0.598. The Morgan fingerprint density at radius 1 is 1.14 bits per heavy atom. The van der Waals surface area contributed by atoms with Crippen molar-refractivity contribution in [2.75, 3.05) is 5.32 Å². The Morgan fingerprint density at radius 2 is 1.95 bits per heavy atom. The molecular formula is C15H11ClFN3S. The molecule has 0 amide bonds. The van der Waals surface area contributed by atoms with Crippen LogP contribution in [0.3, 0.4) is 0 Å². The molecule has 0 aliphatic rings. The predicted octanol–water partition coefficient (Wildman–Crippen LogP) is 4.61. The number of rotatable bonds is 4. The van der Waals surface area contributed by atoms with Gasteiger partial charge in [0.2, 0.25) is 0 Å². The van der Waals surface area contributed by atoms with Gasteiger partial charge in [-0.2, -0.15) is 0 Å². The third kappa shape index (κ3) is 3.56. The van der Waals surface area contributed by atoms with Gasteiger partial charge in [-0.3, -0.25) is 0 Å². The fraction of sp³-hybridized carbons (Fsp3) is 0.0667. The highest BCUT2D eigenvalue weighted by Crippen LogP contribution is 2.24. The minimum Gasteiger partial charge on any atom is -0.378 e. The van der Waals surface area contributed by atoms with Crippen molar-refractivity contribution < 1.29 is 4.39 Å². The number of pyridine rings is 1. The third-order valence-electron chi connectivity index (χ3n) is 2.84. The van der Waals surface area contributed by atoms with E-state index in [1.165, 1.54) is 23.5 Å². The molecule has 2 aromatic heterocycles. The van der Waals surface area contributed by atoms with Gasteiger partial charge in [0.05, 0.1) is 24.1 Å². The van der Waals surface area contributed by atoms with E-state index in [2.05, 4.69) is 15.3 Å². The van der Waals surface area contributed by atoms with Crippen LogP contribution in [0.1, 0.15) is 5.69 Å². The van der Waals surface area contributed by atoms with Gasteiger partial charge in [0, 0.05) is 10.9 Å². The zero-order valence-corrected chi connectivity index (χ0v) is 12.5. The normalized spacial score (nSPS) is 10.6. The molecule has 0 unspecified atom stereocenters. The summed E-state index contributed by atoms with van der Waals surface area (Å²) >= 11 is 7.27. The Labute approximate surface area is 130 Å². The molecule has 0 saturated carbocycles. The van der Waals surface area contributed by atoms with Crippen molar-refractivity contribution in [2.24, 2.45) is 0 Å². The highest BCUT2D eigenvalue weighted by Gasteiger charge is 2.05. The van der Waals surface area contributed by atoms with Crippen LogP contribution >= 0.6 is 22.9 Å². The van der Waals surface area contributed by atoms with Gasteiger partial charge in [0.25, 0.3) is 0 Å². The lowest BCUT2D eigenvalue weighted by molar-refractivity contribution is 0.628. The van der Waals surface area contributed by atoms with Gasteiger partial charge in [-0.15, -0.1) is 11.3 Å². The maximum atomic E-state index is 12.9. The average Bonchev–Trinajstić information content (AvgIpc) is 2.96. The van der Waals surface area contributed by atoms with E-state index in [-0.39, 0.29) is 5.82 Å². The summed E-state index contributed by atoms with van der Waals surface area (Å²) in [5.41, 5.74) is 2.73. The van der Waals surface area contributed by atoms with E-state index in [4.69, 9.17) is 11.6 Å². The number of aromatic nitrogens is 2. The Hall–Kier alpha value is -1.98. The minimum atomic E-state index is -0.243. The Balaban J connectivity index is 1.67. The van der Waals surface area contributed by atoms with Crippen LogP contribution in [-0.2, 0) is 6.54 Å². The number of nitrogens with zero attached hydrogens (tertiary/aromatic N) is 2. The summed E-state index contributed by atoms with van der Waals surface area (Å²) in [5.74, 6) is -0.243. The second kappa shape index (κ2) is 6.20. The molecule has 0 radical (unpaired) electrons. The van der Waals surface area contributed by atoms with Gasteiger partial charge in [-0.05, 0) is 36.4 Å².